The highest BCUT2D eigenvalue weighted by Gasteiger charge is 2.19. The van der Waals surface area contributed by atoms with Crippen molar-refractivity contribution in [3.63, 3.8) is 0 Å². The van der Waals surface area contributed by atoms with E-state index in [4.69, 9.17) is 11.6 Å². The molecule has 0 radical (unpaired) electrons. The van der Waals surface area contributed by atoms with Crippen LogP contribution in [-0.4, -0.2) is 23.3 Å². The van der Waals surface area contributed by atoms with Crippen LogP contribution in [0.1, 0.15) is 24.3 Å². The van der Waals surface area contributed by atoms with E-state index in [0.29, 0.717) is 11.1 Å². The molecule has 1 aliphatic rings. The molecule has 14 heavy (non-hydrogen) atoms. The predicted octanol–water partition coefficient (Wildman–Crippen LogP) is 2.36. The summed E-state index contributed by atoms with van der Waals surface area (Å²) in [5.41, 5.74) is 1.19. The van der Waals surface area contributed by atoms with Crippen molar-refractivity contribution in [2.75, 3.05) is 13.1 Å². The van der Waals surface area contributed by atoms with Gasteiger partial charge >= 0.3 is 0 Å². The molecular weight excluding hydrogens is 265 g/mol. The van der Waals surface area contributed by atoms with Gasteiger partial charge in [-0.05, 0) is 53.3 Å². The first-order valence-electron chi connectivity index (χ1n) is 4.66. The molecule has 2 heterocycles. The number of rotatable bonds is 1. The Labute approximate surface area is 96.4 Å². The maximum Gasteiger partial charge on any atom is 0.166 e. The molecule has 5 heteroatoms. The normalized spacial score (nSPS) is 18.4. The molecule has 0 aliphatic carbocycles. The number of hydrogen-bond donors (Lipinski definition) is 1. The molecule has 0 aromatic carbocycles. The number of piperidine rings is 1. The summed E-state index contributed by atoms with van der Waals surface area (Å²) in [5.74, 6) is 0.554. The Morgan fingerprint density at radius 3 is 2.86 bits per heavy atom. The minimum atomic E-state index is 0.459. The van der Waals surface area contributed by atoms with E-state index < -0.39 is 0 Å². The van der Waals surface area contributed by atoms with Crippen molar-refractivity contribution in [1.29, 1.82) is 0 Å². The second kappa shape index (κ2) is 4.55. The maximum absolute atomic E-state index is 5.90. The minimum Gasteiger partial charge on any atom is -0.317 e. The number of hydrogen-bond acceptors (Lipinski definition) is 3. The molecule has 1 aliphatic heterocycles. The largest absolute Gasteiger partial charge is 0.317 e. The van der Waals surface area contributed by atoms with Gasteiger partial charge in [-0.3, -0.25) is 0 Å². The third-order valence-corrected chi connectivity index (χ3v) is 3.88. The Hall–Kier alpha value is -0.190. The van der Waals surface area contributed by atoms with E-state index in [-0.39, 0.29) is 0 Å². The zero-order valence-corrected chi connectivity index (χ0v) is 9.98. The monoisotopic (exact) mass is 275 g/mol. The van der Waals surface area contributed by atoms with Gasteiger partial charge < -0.3 is 5.32 Å². The third-order valence-electron chi connectivity index (χ3n) is 2.56. The van der Waals surface area contributed by atoms with Gasteiger partial charge in [-0.15, -0.1) is 5.10 Å². The van der Waals surface area contributed by atoms with Crippen molar-refractivity contribution in [2.24, 2.45) is 0 Å². The smallest absolute Gasteiger partial charge is 0.166 e. The van der Waals surface area contributed by atoms with E-state index in [1.54, 1.807) is 0 Å². The quantitative estimate of drug-likeness (QED) is 0.856. The van der Waals surface area contributed by atoms with E-state index in [0.717, 1.165) is 30.4 Å². The summed E-state index contributed by atoms with van der Waals surface area (Å²) in [6.45, 7) is 2.13. The Balaban J connectivity index is 2.26. The average molecular weight is 277 g/mol. The highest BCUT2D eigenvalue weighted by atomic mass is 79.9. The van der Waals surface area contributed by atoms with Crippen molar-refractivity contribution >= 4 is 27.5 Å². The minimum absolute atomic E-state index is 0.459. The van der Waals surface area contributed by atoms with Crippen LogP contribution in [0.5, 0.6) is 0 Å². The summed E-state index contributed by atoms with van der Waals surface area (Å²) >= 11 is 9.36. The molecule has 0 atom stereocenters. The van der Waals surface area contributed by atoms with E-state index in [1.807, 2.05) is 6.20 Å². The van der Waals surface area contributed by atoms with Crippen LogP contribution in [0.15, 0.2) is 10.7 Å². The summed E-state index contributed by atoms with van der Waals surface area (Å²) < 4.78 is 0.904. The molecule has 2 rings (SSSR count). The molecular formula is C9H11BrClN3. The van der Waals surface area contributed by atoms with Crippen LogP contribution in [-0.2, 0) is 0 Å². The van der Waals surface area contributed by atoms with Crippen LogP contribution in [0.3, 0.4) is 0 Å². The van der Waals surface area contributed by atoms with Crippen LogP contribution in [0.25, 0.3) is 0 Å². The summed E-state index contributed by atoms with van der Waals surface area (Å²) in [5, 5.41) is 11.5. The average Bonchev–Trinajstić information content (AvgIpc) is 2.23. The van der Waals surface area contributed by atoms with Crippen LogP contribution in [0.4, 0.5) is 0 Å². The maximum atomic E-state index is 5.90. The fourth-order valence-corrected chi connectivity index (χ4v) is 2.44. The Morgan fingerprint density at radius 2 is 2.14 bits per heavy atom. The van der Waals surface area contributed by atoms with E-state index >= 15 is 0 Å². The molecule has 1 N–H and O–H groups in total. The lowest BCUT2D eigenvalue weighted by Gasteiger charge is -2.23. The Kier molecular flexibility index (Phi) is 3.36. The predicted molar refractivity (Wildman–Crippen MR) is 59.6 cm³/mol. The standard InChI is InChI=1S/C9H11BrClN3/c10-8-7(5-13-14-9(8)11)6-1-3-12-4-2-6/h5-6,12H,1-4H2. The van der Waals surface area contributed by atoms with Crippen molar-refractivity contribution in [3.8, 4) is 0 Å². The molecule has 1 aromatic heterocycles. The molecule has 0 spiro atoms. The van der Waals surface area contributed by atoms with Gasteiger partial charge in [0.05, 0.1) is 10.7 Å². The van der Waals surface area contributed by atoms with Gasteiger partial charge in [-0.1, -0.05) is 11.6 Å². The van der Waals surface area contributed by atoms with Gasteiger partial charge in [0.15, 0.2) is 5.15 Å². The third kappa shape index (κ3) is 2.07. The Bertz CT molecular complexity index is 326. The molecule has 1 fully saturated rings. The van der Waals surface area contributed by atoms with E-state index in [2.05, 4.69) is 31.4 Å². The highest BCUT2D eigenvalue weighted by molar-refractivity contribution is 9.10. The Morgan fingerprint density at radius 1 is 1.43 bits per heavy atom. The van der Waals surface area contributed by atoms with Crippen LogP contribution < -0.4 is 5.32 Å². The molecule has 0 amide bonds. The van der Waals surface area contributed by atoms with Gasteiger partial charge in [-0.25, -0.2) is 0 Å². The topological polar surface area (TPSA) is 37.8 Å². The zero-order valence-electron chi connectivity index (χ0n) is 7.63. The summed E-state index contributed by atoms with van der Waals surface area (Å²) in [6.07, 6.45) is 4.09. The van der Waals surface area contributed by atoms with Crippen molar-refractivity contribution in [2.45, 2.75) is 18.8 Å². The van der Waals surface area contributed by atoms with Gasteiger partial charge in [0, 0.05) is 0 Å². The first-order valence-corrected chi connectivity index (χ1v) is 5.83. The molecule has 3 nitrogen and oxygen atoms in total. The van der Waals surface area contributed by atoms with Gasteiger partial charge in [0.2, 0.25) is 0 Å². The number of halogens is 2. The van der Waals surface area contributed by atoms with Crippen molar-refractivity contribution in [3.05, 3.63) is 21.4 Å². The van der Waals surface area contributed by atoms with Crippen LogP contribution in [0.2, 0.25) is 5.15 Å². The molecule has 0 bridgehead atoms. The summed E-state index contributed by atoms with van der Waals surface area (Å²) in [7, 11) is 0. The van der Waals surface area contributed by atoms with Gasteiger partial charge in [0.25, 0.3) is 0 Å². The van der Waals surface area contributed by atoms with E-state index in [9.17, 15) is 0 Å². The van der Waals surface area contributed by atoms with Crippen molar-refractivity contribution < 1.29 is 0 Å². The molecule has 0 unspecified atom stereocenters. The van der Waals surface area contributed by atoms with Gasteiger partial charge in [-0.2, -0.15) is 5.10 Å². The molecule has 1 saturated heterocycles. The SMILES string of the molecule is Clc1nncc(C2CCNCC2)c1Br. The molecule has 1 aromatic rings. The first-order chi connectivity index (χ1) is 6.79. The fraction of sp³-hybridized carbons (Fsp3) is 0.556. The second-order valence-electron chi connectivity index (χ2n) is 3.43. The molecule has 76 valence electrons. The number of nitrogens with zero attached hydrogens (tertiary/aromatic N) is 2. The highest BCUT2D eigenvalue weighted by Crippen LogP contribution is 2.33. The van der Waals surface area contributed by atoms with Crippen LogP contribution >= 0.6 is 27.5 Å². The lowest BCUT2D eigenvalue weighted by Crippen LogP contribution is -2.26. The van der Waals surface area contributed by atoms with Gasteiger partial charge in [0.1, 0.15) is 0 Å². The summed E-state index contributed by atoms with van der Waals surface area (Å²) in [4.78, 5) is 0. The lowest BCUT2D eigenvalue weighted by molar-refractivity contribution is 0.458. The zero-order chi connectivity index (χ0) is 9.97. The molecule has 0 saturated carbocycles. The van der Waals surface area contributed by atoms with E-state index in [1.165, 1.54) is 5.56 Å². The van der Waals surface area contributed by atoms with Crippen molar-refractivity contribution in [1.82, 2.24) is 15.5 Å². The number of nitrogens with one attached hydrogen (secondary N) is 1. The first kappa shape index (κ1) is 10.3. The summed E-state index contributed by atoms with van der Waals surface area (Å²) in [6, 6.07) is 0. The second-order valence-corrected chi connectivity index (χ2v) is 4.58. The van der Waals surface area contributed by atoms with Crippen LogP contribution in [0, 0.1) is 0 Å². The number of aromatic nitrogens is 2. The lowest BCUT2D eigenvalue weighted by atomic mass is 9.92. The fourth-order valence-electron chi connectivity index (χ4n) is 1.78.